The van der Waals surface area contributed by atoms with E-state index in [4.69, 9.17) is 5.10 Å². The van der Waals surface area contributed by atoms with Crippen LogP contribution in [0.25, 0.3) is 16.6 Å². The fourth-order valence-electron chi connectivity index (χ4n) is 3.44. The van der Waals surface area contributed by atoms with Crippen LogP contribution >= 0.6 is 0 Å². The number of hydrogen-bond donors (Lipinski definition) is 0. The monoisotopic (exact) mass is 289 g/mol. The Bertz CT molecular complexity index is 884. The predicted octanol–water partition coefficient (Wildman–Crippen LogP) is 4.02. The molecule has 22 heavy (non-hydrogen) atoms. The minimum atomic E-state index is 0.542. The molecule has 1 aliphatic rings. The summed E-state index contributed by atoms with van der Waals surface area (Å²) in [6, 6.07) is 10.4. The van der Waals surface area contributed by atoms with Gasteiger partial charge in [0.2, 0.25) is 0 Å². The van der Waals surface area contributed by atoms with E-state index in [-0.39, 0.29) is 0 Å². The van der Waals surface area contributed by atoms with Gasteiger partial charge in [-0.05, 0) is 50.3 Å². The number of pyridine rings is 1. The van der Waals surface area contributed by atoms with Crippen LogP contribution in [0, 0.1) is 12.8 Å². The molecule has 3 aromatic rings. The lowest BCUT2D eigenvalue weighted by Gasteiger charge is -2.11. The van der Waals surface area contributed by atoms with Crippen molar-refractivity contribution >= 4 is 10.9 Å². The molecule has 0 aliphatic heterocycles. The fourth-order valence-corrected chi connectivity index (χ4v) is 3.44. The zero-order valence-corrected chi connectivity index (χ0v) is 13.0. The summed E-state index contributed by atoms with van der Waals surface area (Å²) in [6.45, 7) is 8.37. The molecule has 0 saturated carbocycles. The van der Waals surface area contributed by atoms with E-state index in [9.17, 15) is 0 Å². The van der Waals surface area contributed by atoms with E-state index in [1.165, 1.54) is 16.8 Å². The van der Waals surface area contributed by atoms with Crippen molar-refractivity contribution in [3.05, 3.63) is 65.6 Å². The highest BCUT2D eigenvalue weighted by Crippen LogP contribution is 2.35. The molecule has 0 fully saturated rings. The van der Waals surface area contributed by atoms with Crippen molar-refractivity contribution in [1.29, 1.82) is 0 Å². The molecule has 1 aromatic carbocycles. The van der Waals surface area contributed by atoms with Gasteiger partial charge in [-0.2, -0.15) is 5.10 Å². The summed E-state index contributed by atoms with van der Waals surface area (Å²) in [7, 11) is 0. The summed E-state index contributed by atoms with van der Waals surface area (Å²) >= 11 is 0. The molecule has 0 saturated heterocycles. The third kappa shape index (κ3) is 1.89. The van der Waals surface area contributed by atoms with Gasteiger partial charge in [0, 0.05) is 17.3 Å². The number of nitrogens with zero attached hydrogens (tertiary/aromatic N) is 3. The van der Waals surface area contributed by atoms with Gasteiger partial charge in [-0.15, -0.1) is 0 Å². The molecule has 0 radical (unpaired) electrons. The van der Waals surface area contributed by atoms with Crippen molar-refractivity contribution in [1.82, 2.24) is 14.8 Å². The van der Waals surface area contributed by atoms with E-state index in [1.807, 2.05) is 12.3 Å². The molecule has 110 valence electrons. The first-order valence-corrected chi connectivity index (χ1v) is 7.72. The Kier molecular flexibility index (Phi) is 2.89. The number of fused-ring (bicyclic) bond motifs is 2. The lowest BCUT2D eigenvalue weighted by Crippen LogP contribution is -2.07. The normalized spacial score (nSPS) is 16.9. The summed E-state index contributed by atoms with van der Waals surface area (Å²) in [5.41, 5.74) is 7.19. The Morgan fingerprint density at radius 1 is 1.23 bits per heavy atom. The van der Waals surface area contributed by atoms with Crippen molar-refractivity contribution in [2.45, 2.75) is 26.7 Å². The van der Waals surface area contributed by atoms with E-state index in [1.54, 1.807) is 0 Å². The highest BCUT2D eigenvalue weighted by Gasteiger charge is 2.29. The number of allylic oxidation sites excluding steroid dienone is 1. The molecule has 0 unspecified atom stereocenters. The summed E-state index contributed by atoms with van der Waals surface area (Å²) < 4.78 is 2.10. The zero-order chi connectivity index (χ0) is 15.3. The molecule has 2 aromatic heterocycles. The summed E-state index contributed by atoms with van der Waals surface area (Å²) in [4.78, 5) is 4.57. The van der Waals surface area contributed by atoms with E-state index in [0.717, 1.165) is 35.1 Å². The highest BCUT2D eigenvalue weighted by molar-refractivity contribution is 5.86. The molecule has 0 N–H and O–H groups in total. The fraction of sp³-hybridized carbons (Fsp3) is 0.263. The van der Waals surface area contributed by atoms with Gasteiger partial charge in [-0.25, -0.2) is 4.68 Å². The van der Waals surface area contributed by atoms with Crippen molar-refractivity contribution < 1.29 is 0 Å². The Balaban J connectivity index is 1.91. The predicted molar refractivity (Wildman–Crippen MR) is 89.3 cm³/mol. The van der Waals surface area contributed by atoms with Crippen LogP contribution in [0.2, 0.25) is 0 Å². The average Bonchev–Trinajstić information content (AvgIpc) is 3.08. The average molecular weight is 289 g/mol. The van der Waals surface area contributed by atoms with E-state index in [2.05, 4.69) is 54.4 Å². The Morgan fingerprint density at radius 2 is 2.05 bits per heavy atom. The van der Waals surface area contributed by atoms with Crippen molar-refractivity contribution in [2.75, 3.05) is 0 Å². The van der Waals surface area contributed by atoms with E-state index >= 15 is 0 Å². The van der Waals surface area contributed by atoms with Crippen molar-refractivity contribution in [3.8, 4) is 5.69 Å². The standard InChI is InChI=1S/C19H19N3/c1-12(2)15-10-16-13(3)21-22(18(16)11-15)17-8-4-6-14-7-5-9-20-19(14)17/h4-9,15H,1,10-11H2,2-3H3/t15-/m0/s1. The molecular formula is C19H19N3. The molecule has 0 amide bonds. The van der Waals surface area contributed by atoms with Crippen LogP contribution in [0.15, 0.2) is 48.7 Å². The van der Waals surface area contributed by atoms with Gasteiger partial charge < -0.3 is 0 Å². The molecule has 0 spiro atoms. The molecule has 0 bridgehead atoms. The second kappa shape index (κ2) is 4.80. The lowest BCUT2D eigenvalue weighted by molar-refractivity contribution is 0.632. The minimum absolute atomic E-state index is 0.542. The van der Waals surface area contributed by atoms with Crippen LogP contribution in [-0.2, 0) is 12.8 Å². The Labute approximate surface area is 130 Å². The van der Waals surface area contributed by atoms with Gasteiger partial charge in [0.15, 0.2) is 0 Å². The molecule has 2 heterocycles. The number of rotatable bonds is 2. The quantitative estimate of drug-likeness (QED) is 0.667. The van der Waals surface area contributed by atoms with Crippen molar-refractivity contribution in [3.63, 3.8) is 0 Å². The van der Waals surface area contributed by atoms with Gasteiger partial charge in [0.05, 0.1) is 16.9 Å². The van der Waals surface area contributed by atoms with Gasteiger partial charge in [0.25, 0.3) is 0 Å². The van der Waals surface area contributed by atoms with Crippen LogP contribution in [0.1, 0.15) is 23.9 Å². The van der Waals surface area contributed by atoms with Crippen LogP contribution in [0.5, 0.6) is 0 Å². The SMILES string of the molecule is C=C(C)[C@H]1Cc2c(C)nn(-c3cccc4cccnc34)c2C1. The van der Waals surface area contributed by atoms with Crippen molar-refractivity contribution in [2.24, 2.45) is 5.92 Å². The maximum Gasteiger partial charge on any atom is 0.0959 e. The van der Waals surface area contributed by atoms with Gasteiger partial charge in [-0.3, -0.25) is 4.98 Å². The second-order valence-electron chi connectivity index (χ2n) is 6.23. The minimum Gasteiger partial charge on any atom is -0.254 e. The van der Waals surface area contributed by atoms with Gasteiger partial charge >= 0.3 is 0 Å². The zero-order valence-electron chi connectivity index (χ0n) is 13.0. The first kappa shape index (κ1) is 13.3. The molecule has 3 nitrogen and oxygen atoms in total. The van der Waals surface area contributed by atoms with Gasteiger partial charge in [0.1, 0.15) is 0 Å². The first-order valence-electron chi connectivity index (χ1n) is 7.72. The molecule has 1 atom stereocenters. The molecule has 1 aliphatic carbocycles. The Hall–Kier alpha value is -2.42. The smallest absolute Gasteiger partial charge is 0.0959 e. The van der Waals surface area contributed by atoms with Gasteiger partial charge in [-0.1, -0.05) is 30.4 Å². The van der Waals surface area contributed by atoms with Crippen LogP contribution in [0.4, 0.5) is 0 Å². The maximum atomic E-state index is 4.79. The topological polar surface area (TPSA) is 30.7 Å². The number of para-hydroxylation sites is 1. The number of aryl methyl sites for hydroxylation is 1. The van der Waals surface area contributed by atoms with E-state index < -0.39 is 0 Å². The molecule has 4 rings (SSSR count). The third-order valence-corrected chi connectivity index (χ3v) is 4.72. The second-order valence-corrected chi connectivity index (χ2v) is 6.23. The molecule has 3 heteroatoms. The number of benzene rings is 1. The summed E-state index contributed by atoms with van der Waals surface area (Å²) in [5.74, 6) is 0.542. The third-order valence-electron chi connectivity index (χ3n) is 4.72. The number of hydrogen-bond acceptors (Lipinski definition) is 2. The van der Waals surface area contributed by atoms with Crippen LogP contribution < -0.4 is 0 Å². The van der Waals surface area contributed by atoms with Crippen LogP contribution in [-0.4, -0.2) is 14.8 Å². The molecular weight excluding hydrogens is 270 g/mol. The number of aromatic nitrogens is 3. The highest BCUT2D eigenvalue weighted by atomic mass is 15.3. The largest absolute Gasteiger partial charge is 0.254 e. The maximum absolute atomic E-state index is 4.79. The van der Waals surface area contributed by atoms with E-state index in [0.29, 0.717) is 5.92 Å². The summed E-state index contributed by atoms with van der Waals surface area (Å²) in [5, 5.41) is 5.94. The Morgan fingerprint density at radius 3 is 2.86 bits per heavy atom. The van der Waals surface area contributed by atoms with Crippen LogP contribution in [0.3, 0.4) is 0 Å². The summed E-state index contributed by atoms with van der Waals surface area (Å²) in [6.07, 6.45) is 3.93. The lowest BCUT2D eigenvalue weighted by atomic mass is 9.99. The first-order chi connectivity index (χ1) is 10.6.